The van der Waals surface area contributed by atoms with Crippen molar-refractivity contribution in [2.75, 3.05) is 39.6 Å². The number of carbonyl (C=O) groups is 4. The van der Waals surface area contributed by atoms with E-state index < -0.39 is 47.4 Å². The fourth-order valence-corrected chi connectivity index (χ4v) is 10.6. The zero-order chi connectivity index (χ0) is 49.4. The molecule has 0 spiro atoms. The number of fused-ring (bicyclic) bond motifs is 3. The molecule has 4 atom stereocenters. The monoisotopic (exact) mass is 1000 g/mol. The number of hydrogen-bond donors (Lipinski definition) is 3. The van der Waals surface area contributed by atoms with E-state index in [4.69, 9.17) is 30.8 Å². The third-order valence-electron chi connectivity index (χ3n) is 12.2. The Morgan fingerprint density at radius 2 is 1.62 bits per heavy atom. The summed E-state index contributed by atoms with van der Waals surface area (Å²) in [7, 11) is 0. The molecule has 2 aliphatic rings. The van der Waals surface area contributed by atoms with Gasteiger partial charge in [-0.1, -0.05) is 68.8 Å². The predicted molar refractivity (Wildman–Crippen MR) is 266 cm³/mol. The molecule has 7 rings (SSSR count). The van der Waals surface area contributed by atoms with E-state index in [9.17, 15) is 24.3 Å². The van der Waals surface area contributed by atoms with Crippen molar-refractivity contribution >= 4 is 63.7 Å². The molecule has 1 fully saturated rings. The maximum Gasteiger partial charge on any atom is 0.308 e. The van der Waals surface area contributed by atoms with E-state index >= 15 is 0 Å². The second kappa shape index (κ2) is 23.0. The van der Waals surface area contributed by atoms with Crippen molar-refractivity contribution in [3.05, 3.63) is 104 Å². The Labute approximate surface area is 415 Å². The number of halogens is 1. The van der Waals surface area contributed by atoms with Crippen molar-refractivity contribution in [2.24, 2.45) is 10.4 Å². The summed E-state index contributed by atoms with van der Waals surface area (Å²) in [4.78, 5) is 66.7. The molecule has 16 nitrogen and oxygen atoms in total. The Hall–Kier alpha value is -5.37. The molecule has 0 saturated carbocycles. The number of aliphatic hydroxyl groups is 1. The molecule has 3 aromatic heterocycles. The number of carbonyl (C=O) groups excluding carboxylic acids is 4. The molecule has 5 aromatic rings. The molecule has 0 aliphatic carbocycles. The first-order valence-corrected chi connectivity index (χ1v) is 25.3. The maximum absolute atomic E-state index is 14.0. The number of rotatable bonds is 20. The average Bonchev–Trinajstić information content (AvgIpc) is 4.08. The zero-order valence-electron chi connectivity index (χ0n) is 40.2. The van der Waals surface area contributed by atoms with Crippen molar-refractivity contribution in [3.8, 4) is 15.4 Å². The van der Waals surface area contributed by atoms with Gasteiger partial charge in [0.05, 0.1) is 40.9 Å². The molecule has 19 heteroatoms. The van der Waals surface area contributed by atoms with Crippen LogP contribution in [0.5, 0.6) is 0 Å². The van der Waals surface area contributed by atoms with Gasteiger partial charge in [0.25, 0.3) is 0 Å². The molecule has 1 saturated heterocycles. The van der Waals surface area contributed by atoms with E-state index in [2.05, 4.69) is 39.7 Å². The molecule has 69 heavy (non-hydrogen) atoms. The molecule has 2 aliphatic heterocycles. The van der Waals surface area contributed by atoms with Crippen LogP contribution in [0.1, 0.15) is 103 Å². The lowest BCUT2D eigenvalue weighted by molar-refractivity contribution is -0.145. The fraction of sp³-hybridized carbons (Fsp3) is 0.480. The summed E-state index contributed by atoms with van der Waals surface area (Å²) < 4.78 is 19.0. The number of hydrogen-bond acceptors (Lipinski definition) is 14. The number of aryl methyl sites for hydroxylation is 3. The smallest absolute Gasteiger partial charge is 0.308 e. The van der Waals surface area contributed by atoms with Crippen LogP contribution in [0, 0.1) is 33.1 Å². The van der Waals surface area contributed by atoms with Crippen LogP contribution in [0.3, 0.4) is 0 Å². The number of likely N-dealkylation sites (tertiary alicyclic amines) is 1. The van der Waals surface area contributed by atoms with Gasteiger partial charge in [-0.05, 0) is 81.2 Å². The second-order valence-electron chi connectivity index (χ2n) is 18.5. The first-order valence-electron chi connectivity index (χ1n) is 23.2. The molecular weight excluding hydrogens is 940 g/mol. The minimum atomic E-state index is -0.957. The minimum absolute atomic E-state index is 0.0151. The van der Waals surface area contributed by atoms with Gasteiger partial charge in [-0.25, -0.2) is 4.98 Å². The van der Waals surface area contributed by atoms with Gasteiger partial charge in [0.2, 0.25) is 17.7 Å². The molecule has 0 bridgehead atoms. The number of esters is 1. The number of aromatic nitrogens is 4. The van der Waals surface area contributed by atoms with E-state index in [0.29, 0.717) is 36.3 Å². The van der Waals surface area contributed by atoms with Crippen LogP contribution >= 0.6 is 34.3 Å². The number of unbranched alkanes of at least 4 members (excludes halogenated alkanes) is 2. The number of aliphatic hydroxyl groups excluding tert-OH is 1. The standard InChI is InChI=1S/C50H61ClN8O8S2/c1-29-31(3)69-49-42(29)43(34-15-17-36(51)18-16-34)54-38(46-57-56-32(4)59(46)49)24-41(62)67-22-21-65-19-9-8-10-20-66-27-40(61)55-45(50(5,6)7)48(64)58-26-37(60)23-39(58)47(63)52-25-33-11-13-35(14-12-33)44-30(2)53-28-68-44/h11-18,28,37-39,45,60H,8-10,19-27H2,1-7H3,(H,52,63)(H,55,61). The Morgan fingerprint density at radius 1 is 0.913 bits per heavy atom. The lowest BCUT2D eigenvalue weighted by Crippen LogP contribution is -2.58. The van der Waals surface area contributed by atoms with Crippen LogP contribution in [0.15, 0.2) is 59.0 Å². The molecule has 3 amide bonds. The Bertz CT molecular complexity index is 2640. The van der Waals surface area contributed by atoms with Crippen molar-refractivity contribution in [3.63, 3.8) is 0 Å². The lowest BCUT2D eigenvalue weighted by Gasteiger charge is -2.35. The van der Waals surface area contributed by atoms with Gasteiger partial charge in [0, 0.05) is 53.8 Å². The number of amides is 3. The van der Waals surface area contributed by atoms with Gasteiger partial charge < -0.3 is 34.9 Å². The molecule has 5 heterocycles. The van der Waals surface area contributed by atoms with Crippen LogP contribution in [-0.2, 0) is 39.9 Å². The van der Waals surface area contributed by atoms with Crippen LogP contribution in [0.2, 0.25) is 5.02 Å². The highest BCUT2D eigenvalue weighted by atomic mass is 35.5. The number of aliphatic imine (C=N–C) groups is 1. The maximum atomic E-state index is 14.0. The highest BCUT2D eigenvalue weighted by Gasteiger charge is 2.44. The van der Waals surface area contributed by atoms with E-state index in [1.807, 2.05) is 93.2 Å². The summed E-state index contributed by atoms with van der Waals surface area (Å²) >= 11 is 9.44. The number of thiophene rings is 1. The predicted octanol–water partition coefficient (Wildman–Crippen LogP) is 7.18. The SMILES string of the molecule is Cc1ncsc1-c1ccc(CNC(=O)C2CC(O)CN2C(=O)C(NC(=O)COCCCCCOCCOC(=O)CC2N=C(c3ccc(Cl)cc3)c3c(sc(C)c3C)-n3c(C)nnc32)C(C)(C)C)cc1. The topological polar surface area (TPSA) is 199 Å². The summed E-state index contributed by atoms with van der Waals surface area (Å²) in [6.07, 6.45) is 1.40. The van der Waals surface area contributed by atoms with Gasteiger partial charge >= 0.3 is 5.97 Å². The number of nitrogens with one attached hydrogen (secondary N) is 2. The first kappa shape index (κ1) is 51.5. The lowest BCUT2D eigenvalue weighted by atomic mass is 9.85. The number of ether oxygens (including phenoxy) is 3. The molecular formula is C50H61ClN8O8S2. The Balaban J connectivity index is 0.797. The average molecular weight is 1000 g/mol. The van der Waals surface area contributed by atoms with Gasteiger partial charge in [-0.3, -0.25) is 28.7 Å². The van der Waals surface area contributed by atoms with Crippen molar-refractivity contribution < 1.29 is 38.5 Å². The zero-order valence-corrected chi connectivity index (χ0v) is 42.6. The largest absolute Gasteiger partial charge is 0.463 e. The first-order chi connectivity index (χ1) is 33.0. The molecule has 3 N–H and O–H groups in total. The molecule has 2 aromatic carbocycles. The minimum Gasteiger partial charge on any atom is -0.463 e. The number of benzene rings is 2. The summed E-state index contributed by atoms with van der Waals surface area (Å²) in [6, 6.07) is 12.9. The number of β-amino-alcohol motifs (C(OH)–C–C–N with tert-alkyl or cyclic N) is 1. The summed E-state index contributed by atoms with van der Waals surface area (Å²) in [5.74, 6) is -0.402. The van der Waals surface area contributed by atoms with Crippen molar-refractivity contribution in [1.29, 1.82) is 0 Å². The summed E-state index contributed by atoms with van der Waals surface area (Å²) in [5, 5.41) is 26.7. The van der Waals surface area contributed by atoms with E-state index in [-0.39, 0.29) is 51.7 Å². The van der Waals surface area contributed by atoms with E-state index in [0.717, 1.165) is 66.8 Å². The van der Waals surface area contributed by atoms with Crippen LogP contribution < -0.4 is 10.6 Å². The highest BCUT2D eigenvalue weighted by Crippen LogP contribution is 2.40. The van der Waals surface area contributed by atoms with Crippen LogP contribution in [0.25, 0.3) is 15.4 Å². The quantitative estimate of drug-likeness (QED) is 0.0527. The van der Waals surface area contributed by atoms with Gasteiger partial charge in [0.15, 0.2) is 5.82 Å². The van der Waals surface area contributed by atoms with E-state index in [1.54, 1.807) is 22.7 Å². The van der Waals surface area contributed by atoms with Gasteiger partial charge in [-0.15, -0.1) is 32.9 Å². The molecule has 368 valence electrons. The van der Waals surface area contributed by atoms with Crippen molar-refractivity contribution in [2.45, 2.75) is 111 Å². The Kier molecular flexibility index (Phi) is 17.2. The van der Waals surface area contributed by atoms with E-state index in [1.165, 1.54) is 4.90 Å². The van der Waals surface area contributed by atoms with Crippen LogP contribution in [0.4, 0.5) is 0 Å². The summed E-state index contributed by atoms with van der Waals surface area (Å²) in [6.45, 7) is 14.6. The molecule has 4 unspecified atom stereocenters. The number of thiazole rings is 1. The van der Waals surface area contributed by atoms with Crippen LogP contribution in [-0.4, -0.2) is 117 Å². The third-order valence-corrected chi connectivity index (χ3v) is 14.7. The Morgan fingerprint density at radius 3 is 2.32 bits per heavy atom. The van der Waals surface area contributed by atoms with Gasteiger partial charge in [-0.2, -0.15) is 0 Å². The van der Waals surface area contributed by atoms with Crippen molar-refractivity contribution in [1.82, 2.24) is 35.3 Å². The van der Waals surface area contributed by atoms with Gasteiger partial charge in [0.1, 0.15) is 42.2 Å². The normalized spacial score (nSPS) is 17.1. The highest BCUT2D eigenvalue weighted by molar-refractivity contribution is 7.15. The second-order valence-corrected chi connectivity index (χ2v) is 21.0. The third kappa shape index (κ3) is 12.7. The summed E-state index contributed by atoms with van der Waals surface area (Å²) in [5.41, 5.74) is 7.76. The number of nitrogens with zero attached hydrogens (tertiary/aromatic N) is 6. The molecule has 0 radical (unpaired) electrons. The fourth-order valence-electron chi connectivity index (χ4n) is 8.40.